The molecule has 0 spiro atoms. The first kappa shape index (κ1) is 19.0. The number of thioether (sulfide) groups is 1. The molecule has 0 aliphatic rings. The molecule has 0 unspecified atom stereocenters. The zero-order valence-corrected chi connectivity index (χ0v) is 16.2. The number of carbonyl (C=O) groups is 2. The molecule has 0 saturated carbocycles. The molecule has 0 fully saturated rings. The van der Waals surface area contributed by atoms with E-state index in [2.05, 4.69) is 10.6 Å². The molecular weight excluding hydrogens is 380 g/mol. The van der Waals surface area contributed by atoms with Gasteiger partial charge in [0.15, 0.2) is 0 Å². The number of hydrogen-bond acceptors (Lipinski definition) is 5. The van der Waals surface area contributed by atoms with E-state index >= 15 is 0 Å². The highest BCUT2D eigenvalue weighted by molar-refractivity contribution is 8.00. The number of ether oxygens (including phenoxy) is 1. The van der Waals surface area contributed by atoms with Gasteiger partial charge in [0.1, 0.15) is 5.75 Å². The monoisotopic (exact) mass is 398 g/mol. The van der Waals surface area contributed by atoms with Crippen molar-refractivity contribution in [1.29, 1.82) is 0 Å². The van der Waals surface area contributed by atoms with Gasteiger partial charge in [0.05, 0.1) is 17.7 Å². The molecule has 0 radical (unpaired) electrons. The van der Waals surface area contributed by atoms with Crippen molar-refractivity contribution in [3.8, 4) is 5.75 Å². The molecule has 27 heavy (non-hydrogen) atoms. The summed E-state index contributed by atoms with van der Waals surface area (Å²) >= 11 is 2.84. The SMILES string of the molecule is COc1ccc(SCC(=O)Nc2ccc(NC(=O)c3cccs3)cc2)cc1. The highest BCUT2D eigenvalue weighted by Crippen LogP contribution is 2.22. The number of hydrogen-bond donors (Lipinski definition) is 2. The van der Waals surface area contributed by atoms with Crippen LogP contribution >= 0.6 is 23.1 Å². The van der Waals surface area contributed by atoms with E-state index in [1.807, 2.05) is 35.7 Å². The van der Waals surface area contributed by atoms with Gasteiger partial charge in [-0.1, -0.05) is 6.07 Å². The molecular formula is C20H18N2O3S2. The summed E-state index contributed by atoms with van der Waals surface area (Å²) in [5.74, 6) is 0.863. The van der Waals surface area contributed by atoms with Crippen molar-refractivity contribution in [2.24, 2.45) is 0 Å². The summed E-state index contributed by atoms with van der Waals surface area (Å²) in [5.41, 5.74) is 1.36. The number of nitrogens with one attached hydrogen (secondary N) is 2. The van der Waals surface area contributed by atoms with Gasteiger partial charge in [0, 0.05) is 16.3 Å². The lowest BCUT2D eigenvalue weighted by atomic mass is 10.2. The quantitative estimate of drug-likeness (QED) is 0.564. The highest BCUT2D eigenvalue weighted by atomic mass is 32.2. The zero-order valence-electron chi connectivity index (χ0n) is 14.6. The second-order valence-electron chi connectivity index (χ2n) is 5.52. The standard InChI is InChI=1S/C20H18N2O3S2/c1-25-16-8-10-17(11-9-16)27-13-19(23)21-14-4-6-15(7-5-14)22-20(24)18-3-2-12-26-18/h2-12H,13H2,1H3,(H,21,23)(H,22,24). The molecule has 1 aromatic heterocycles. The maximum absolute atomic E-state index is 12.1. The summed E-state index contributed by atoms with van der Waals surface area (Å²) in [6.07, 6.45) is 0. The van der Waals surface area contributed by atoms with Crippen molar-refractivity contribution in [1.82, 2.24) is 0 Å². The first-order chi connectivity index (χ1) is 13.1. The summed E-state index contributed by atoms with van der Waals surface area (Å²) in [6, 6.07) is 18.2. The van der Waals surface area contributed by atoms with Crippen molar-refractivity contribution < 1.29 is 14.3 Å². The summed E-state index contributed by atoms with van der Waals surface area (Å²) < 4.78 is 5.11. The molecule has 0 atom stereocenters. The Labute approximate surface area is 165 Å². The van der Waals surface area contributed by atoms with Crippen LogP contribution in [0.1, 0.15) is 9.67 Å². The van der Waals surface area contributed by atoms with Gasteiger partial charge in [-0.15, -0.1) is 23.1 Å². The van der Waals surface area contributed by atoms with Gasteiger partial charge >= 0.3 is 0 Å². The van der Waals surface area contributed by atoms with Gasteiger partial charge in [0.25, 0.3) is 5.91 Å². The van der Waals surface area contributed by atoms with Crippen LogP contribution in [0.15, 0.2) is 70.9 Å². The summed E-state index contributed by atoms with van der Waals surface area (Å²) in [4.78, 5) is 25.8. The van der Waals surface area contributed by atoms with Gasteiger partial charge in [-0.25, -0.2) is 0 Å². The molecule has 5 nitrogen and oxygen atoms in total. The van der Waals surface area contributed by atoms with Crippen molar-refractivity contribution in [2.75, 3.05) is 23.5 Å². The number of methoxy groups -OCH3 is 1. The average molecular weight is 399 g/mol. The molecule has 138 valence electrons. The molecule has 2 N–H and O–H groups in total. The Bertz CT molecular complexity index is 892. The average Bonchev–Trinajstić information content (AvgIpc) is 3.23. The third-order valence-electron chi connectivity index (χ3n) is 3.60. The molecule has 1 heterocycles. The molecule has 3 aromatic rings. The summed E-state index contributed by atoms with van der Waals surface area (Å²) in [6.45, 7) is 0. The van der Waals surface area contributed by atoms with Gasteiger partial charge in [-0.2, -0.15) is 0 Å². The van der Waals surface area contributed by atoms with Gasteiger partial charge < -0.3 is 15.4 Å². The molecule has 0 aliphatic carbocycles. The predicted molar refractivity (Wildman–Crippen MR) is 111 cm³/mol. The summed E-state index contributed by atoms with van der Waals surface area (Å²) in [5, 5.41) is 7.53. The summed E-state index contributed by atoms with van der Waals surface area (Å²) in [7, 11) is 1.62. The second-order valence-corrected chi connectivity index (χ2v) is 7.52. The molecule has 2 amide bonds. The molecule has 0 aliphatic heterocycles. The van der Waals surface area contributed by atoms with E-state index in [0.29, 0.717) is 22.0 Å². The van der Waals surface area contributed by atoms with E-state index in [0.717, 1.165) is 10.6 Å². The van der Waals surface area contributed by atoms with Crippen LogP contribution in [-0.4, -0.2) is 24.7 Å². The molecule has 2 aromatic carbocycles. The minimum atomic E-state index is -0.141. The van der Waals surface area contributed by atoms with Crippen LogP contribution in [0.25, 0.3) is 0 Å². The highest BCUT2D eigenvalue weighted by Gasteiger charge is 2.08. The van der Waals surface area contributed by atoms with Crippen molar-refractivity contribution in [2.45, 2.75) is 4.90 Å². The minimum Gasteiger partial charge on any atom is -0.497 e. The fourth-order valence-electron chi connectivity index (χ4n) is 2.26. The fraction of sp³-hybridized carbons (Fsp3) is 0.100. The lowest BCUT2D eigenvalue weighted by Gasteiger charge is -2.08. The van der Waals surface area contributed by atoms with Crippen LogP contribution < -0.4 is 15.4 Å². The predicted octanol–water partition coefficient (Wildman–Crippen LogP) is 4.74. The lowest BCUT2D eigenvalue weighted by Crippen LogP contribution is -2.14. The van der Waals surface area contributed by atoms with Crippen LogP contribution in [0.4, 0.5) is 11.4 Å². The Hall–Kier alpha value is -2.77. The number of rotatable bonds is 7. The van der Waals surface area contributed by atoms with E-state index in [9.17, 15) is 9.59 Å². The smallest absolute Gasteiger partial charge is 0.265 e. The molecule has 3 rings (SSSR count). The maximum Gasteiger partial charge on any atom is 0.265 e. The Kier molecular flexibility index (Phi) is 6.51. The van der Waals surface area contributed by atoms with Gasteiger partial charge in [0.2, 0.25) is 5.91 Å². The largest absolute Gasteiger partial charge is 0.497 e. The van der Waals surface area contributed by atoms with Gasteiger partial charge in [-0.3, -0.25) is 9.59 Å². The lowest BCUT2D eigenvalue weighted by molar-refractivity contribution is -0.113. The van der Waals surface area contributed by atoms with E-state index in [1.165, 1.54) is 23.1 Å². The molecule has 0 saturated heterocycles. The van der Waals surface area contributed by atoms with Crippen LogP contribution in [0.3, 0.4) is 0 Å². The second kappa shape index (κ2) is 9.25. The number of amides is 2. The third-order valence-corrected chi connectivity index (χ3v) is 5.48. The van der Waals surface area contributed by atoms with E-state index in [4.69, 9.17) is 4.74 Å². The van der Waals surface area contributed by atoms with E-state index in [1.54, 1.807) is 37.4 Å². The zero-order chi connectivity index (χ0) is 19.1. The topological polar surface area (TPSA) is 67.4 Å². The Morgan fingerprint density at radius 2 is 1.63 bits per heavy atom. The maximum atomic E-state index is 12.1. The molecule has 0 bridgehead atoms. The Morgan fingerprint density at radius 1 is 0.963 bits per heavy atom. The number of anilines is 2. The number of thiophene rings is 1. The normalized spacial score (nSPS) is 10.3. The third kappa shape index (κ3) is 5.60. The van der Waals surface area contributed by atoms with Gasteiger partial charge in [-0.05, 0) is 60.0 Å². The fourth-order valence-corrected chi connectivity index (χ4v) is 3.57. The Balaban J connectivity index is 1.48. The van der Waals surface area contributed by atoms with Crippen LogP contribution in [-0.2, 0) is 4.79 Å². The van der Waals surface area contributed by atoms with Crippen molar-refractivity contribution in [3.63, 3.8) is 0 Å². The molecule has 7 heteroatoms. The van der Waals surface area contributed by atoms with Crippen LogP contribution in [0.5, 0.6) is 5.75 Å². The van der Waals surface area contributed by atoms with E-state index in [-0.39, 0.29) is 11.8 Å². The first-order valence-electron chi connectivity index (χ1n) is 8.15. The number of carbonyl (C=O) groups excluding carboxylic acids is 2. The van der Waals surface area contributed by atoms with E-state index < -0.39 is 0 Å². The first-order valence-corrected chi connectivity index (χ1v) is 10.0. The minimum absolute atomic E-state index is 0.0915. The Morgan fingerprint density at radius 3 is 2.22 bits per heavy atom. The van der Waals surface area contributed by atoms with Crippen LogP contribution in [0.2, 0.25) is 0 Å². The van der Waals surface area contributed by atoms with Crippen molar-refractivity contribution >= 4 is 46.3 Å². The number of benzene rings is 2. The van der Waals surface area contributed by atoms with Crippen molar-refractivity contribution in [3.05, 3.63) is 70.9 Å². The van der Waals surface area contributed by atoms with Crippen LogP contribution in [0, 0.1) is 0 Å².